The lowest BCUT2D eigenvalue weighted by Gasteiger charge is -2.34. The average Bonchev–Trinajstić information content (AvgIpc) is 3.18. The van der Waals surface area contributed by atoms with Crippen molar-refractivity contribution in [1.82, 2.24) is 24.3 Å². The third-order valence-electron chi connectivity index (χ3n) is 5.45. The van der Waals surface area contributed by atoms with E-state index < -0.39 is 11.9 Å². The van der Waals surface area contributed by atoms with E-state index in [1.54, 1.807) is 0 Å². The number of anilines is 1. The van der Waals surface area contributed by atoms with Crippen molar-refractivity contribution in [3.8, 4) is 0 Å². The summed E-state index contributed by atoms with van der Waals surface area (Å²) in [6, 6.07) is 7.52. The third kappa shape index (κ3) is 5.13. The predicted octanol–water partition coefficient (Wildman–Crippen LogP) is 3.28. The van der Waals surface area contributed by atoms with Gasteiger partial charge in [-0.05, 0) is 30.3 Å². The Hall–Kier alpha value is -2.85. The molecule has 0 bridgehead atoms. The highest BCUT2D eigenvalue weighted by Gasteiger charge is 2.32. The summed E-state index contributed by atoms with van der Waals surface area (Å²) in [5.41, 5.74) is 0.0134. The lowest BCUT2D eigenvalue weighted by Crippen LogP contribution is -2.49. The Labute approximate surface area is 189 Å². The molecule has 0 atom stereocenters. The molecule has 0 aromatic carbocycles. The first-order chi connectivity index (χ1) is 14.8. The van der Waals surface area contributed by atoms with Crippen LogP contribution >= 0.6 is 12.4 Å². The van der Waals surface area contributed by atoms with E-state index in [2.05, 4.69) is 20.2 Å². The summed E-state index contributed by atoms with van der Waals surface area (Å²) in [5.74, 6) is 0.548. The first kappa shape index (κ1) is 23.8. The minimum absolute atomic E-state index is 0. The fourth-order valence-corrected chi connectivity index (χ4v) is 3.71. The number of fused-ring (bicyclic) bond motifs is 1. The van der Waals surface area contributed by atoms with Gasteiger partial charge in [0.25, 0.3) is 5.91 Å². The third-order valence-corrected chi connectivity index (χ3v) is 5.45. The fourth-order valence-electron chi connectivity index (χ4n) is 3.71. The summed E-state index contributed by atoms with van der Waals surface area (Å²) in [5, 5.41) is 3.75. The molecule has 32 heavy (non-hydrogen) atoms. The highest BCUT2D eigenvalue weighted by atomic mass is 35.5. The van der Waals surface area contributed by atoms with Gasteiger partial charge in [0.2, 0.25) is 0 Å². The Morgan fingerprint density at radius 1 is 1.12 bits per heavy atom. The van der Waals surface area contributed by atoms with E-state index in [0.29, 0.717) is 36.5 Å². The van der Waals surface area contributed by atoms with E-state index in [9.17, 15) is 18.0 Å². The molecular formula is C21H24ClF3N6O. The van der Waals surface area contributed by atoms with E-state index in [1.807, 2.05) is 34.8 Å². The van der Waals surface area contributed by atoms with Crippen LogP contribution in [-0.4, -0.2) is 69.5 Å². The van der Waals surface area contributed by atoms with Gasteiger partial charge >= 0.3 is 6.18 Å². The number of aryl methyl sites for hydroxylation is 1. The molecule has 7 nitrogen and oxygen atoms in total. The quantitative estimate of drug-likeness (QED) is 0.622. The van der Waals surface area contributed by atoms with E-state index in [1.165, 1.54) is 18.3 Å². The van der Waals surface area contributed by atoms with Gasteiger partial charge in [0.1, 0.15) is 17.2 Å². The number of alkyl halides is 3. The van der Waals surface area contributed by atoms with Gasteiger partial charge in [-0.15, -0.1) is 12.4 Å². The van der Waals surface area contributed by atoms with Crippen molar-refractivity contribution < 1.29 is 18.0 Å². The highest BCUT2D eigenvalue weighted by molar-refractivity contribution is 5.93. The molecular weight excluding hydrogens is 445 g/mol. The molecule has 4 rings (SSSR count). The van der Waals surface area contributed by atoms with Crippen LogP contribution in [0.4, 0.5) is 19.0 Å². The number of nitrogens with zero attached hydrogens (tertiary/aromatic N) is 5. The number of carbonyl (C=O) groups excluding carboxylic acids is 1. The SMILES string of the molecule is Cl.Cn1cccc1C(=O)N1CCN(CCNc2nccc3nc(C(F)(F)F)ccc23)CC1. The Morgan fingerprint density at radius 3 is 2.53 bits per heavy atom. The van der Waals surface area contributed by atoms with Gasteiger partial charge in [-0.2, -0.15) is 13.2 Å². The molecule has 1 N–H and O–H groups in total. The lowest BCUT2D eigenvalue weighted by molar-refractivity contribution is -0.140. The monoisotopic (exact) mass is 468 g/mol. The van der Waals surface area contributed by atoms with E-state index in [-0.39, 0.29) is 23.8 Å². The van der Waals surface area contributed by atoms with Gasteiger partial charge < -0.3 is 14.8 Å². The first-order valence-electron chi connectivity index (χ1n) is 10.0. The van der Waals surface area contributed by atoms with Gasteiger partial charge in [0, 0.05) is 64.1 Å². The molecule has 1 amide bonds. The van der Waals surface area contributed by atoms with Crippen LogP contribution in [0.1, 0.15) is 16.2 Å². The number of pyridine rings is 2. The van der Waals surface area contributed by atoms with Crippen LogP contribution in [0.15, 0.2) is 42.7 Å². The number of nitrogens with one attached hydrogen (secondary N) is 1. The first-order valence-corrected chi connectivity index (χ1v) is 10.0. The highest BCUT2D eigenvalue weighted by Crippen LogP contribution is 2.30. The van der Waals surface area contributed by atoms with Crippen LogP contribution in [0.3, 0.4) is 0 Å². The van der Waals surface area contributed by atoms with Crippen LogP contribution < -0.4 is 5.32 Å². The molecule has 3 aromatic rings. The van der Waals surface area contributed by atoms with Crippen molar-refractivity contribution in [2.24, 2.45) is 7.05 Å². The fraction of sp³-hybridized carbons (Fsp3) is 0.381. The van der Waals surface area contributed by atoms with Crippen molar-refractivity contribution in [1.29, 1.82) is 0 Å². The molecule has 4 heterocycles. The molecule has 172 valence electrons. The molecule has 0 spiro atoms. The maximum absolute atomic E-state index is 12.9. The van der Waals surface area contributed by atoms with Crippen molar-refractivity contribution in [2.45, 2.75) is 6.18 Å². The standard InChI is InChI=1S/C21H23F3N6O.ClH/c1-28-9-2-3-17(28)20(31)30-13-11-29(12-14-30)10-8-26-19-15-4-5-18(21(22,23)24)27-16(15)6-7-25-19;/h2-7,9H,8,10-14H2,1H3,(H,25,26);1H. The second-order valence-corrected chi connectivity index (χ2v) is 7.49. The summed E-state index contributed by atoms with van der Waals surface area (Å²) in [6.45, 7) is 4.15. The van der Waals surface area contributed by atoms with Crippen molar-refractivity contribution in [3.63, 3.8) is 0 Å². The smallest absolute Gasteiger partial charge is 0.368 e. The molecule has 0 saturated carbocycles. The summed E-state index contributed by atoms with van der Waals surface area (Å²) in [6.07, 6.45) is -1.17. The Kier molecular flexibility index (Phi) is 7.25. The van der Waals surface area contributed by atoms with Crippen LogP contribution in [0, 0.1) is 0 Å². The average molecular weight is 469 g/mol. The van der Waals surface area contributed by atoms with Gasteiger partial charge in [0.15, 0.2) is 0 Å². The summed E-state index contributed by atoms with van der Waals surface area (Å²) in [7, 11) is 1.86. The maximum atomic E-state index is 12.9. The normalized spacial score (nSPS) is 14.9. The predicted molar refractivity (Wildman–Crippen MR) is 118 cm³/mol. The maximum Gasteiger partial charge on any atom is 0.433 e. The molecule has 3 aromatic heterocycles. The van der Waals surface area contributed by atoms with Crippen molar-refractivity contribution >= 4 is 35.0 Å². The zero-order valence-electron chi connectivity index (χ0n) is 17.5. The van der Waals surface area contributed by atoms with Crippen LogP contribution in [0.25, 0.3) is 10.9 Å². The van der Waals surface area contributed by atoms with Gasteiger partial charge in [-0.25, -0.2) is 9.97 Å². The minimum atomic E-state index is -4.48. The molecule has 1 aliphatic heterocycles. The van der Waals surface area contributed by atoms with Crippen LogP contribution in [0.5, 0.6) is 0 Å². The summed E-state index contributed by atoms with van der Waals surface area (Å²) in [4.78, 5) is 24.6. The van der Waals surface area contributed by atoms with Crippen molar-refractivity contribution in [3.05, 3.63) is 54.1 Å². The van der Waals surface area contributed by atoms with E-state index in [0.717, 1.165) is 25.7 Å². The summed E-state index contributed by atoms with van der Waals surface area (Å²) >= 11 is 0. The van der Waals surface area contributed by atoms with E-state index >= 15 is 0 Å². The summed E-state index contributed by atoms with van der Waals surface area (Å²) < 4.78 is 40.5. The Balaban J connectivity index is 0.00000289. The molecule has 11 heteroatoms. The second kappa shape index (κ2) is 9.74. The van der Waals surface area contributed by atoms with E-state index in [4.69, 9.17) is 0 Å². The van der Waals surface area contributed by atoms with Gasteiger partial charge in [-0.1, -0.05) is 0 Å². The number of amides is 1. The number of aromatic nitrogens is 3. The zero-order valence-corrected chi connectivity index (χ0v) is 18.3. The largest absolute Gasteiger partial charge is 0.433 e. The molecule has 0 unspecified atom stereocenters. The molecule has 1 saturated heterocycles. The second-order valence-electron chi connectivity index (χ2n) is 7.49. The topological polar surface area (TPSA) is 66.3 Å². The van der Waals surface area contributed by atoms with Crippen LogP contribution in [0.2, 0.25) is 0 Å². The number of carbonyl (C=O) groups is 1. The number of rotatable bonds is 5. The number of halogens is 4. The molecule has 0 aliphatic carbocycles. The number of hydrogen-bond acceptors (Lipinski definition) is 5. The molecule has 1 aliphatic rings. The zero-order chi connectivity index (χ0) is 22.0. The Morgan fingerprint density at radius 2 is 1.88 bits per heavy atom. The number of hydrogen-bond donors (Lipinski definition) is 1. The van der Waals surface area contributed by atoms with Gasteiger partial charge in [-0.3, -0.25) is 9.69 Å². The molecule has 1 fully saturated rings. The molecule has 0 radical (unpaired) electrons. The van der Waals surface area contributed by atoms with Crippen LogP contribution in [-0.2, 0) is 13.2 Å². The lowest BCUT2D eigenvalue weighted by atomic mass is 10.2. The van der Waals surface area contributed by atoms with Crippen molar-refractivity contribution in [2.75, 3.05) is 44.6 Å². The van der Waals surface area contributed by atoms with Gasteiger partial charge in [0.05, 0.1) is 5.52 Å². The Bertz CT molecular complexity index is 1080. The number of piperazine rings is 1. The minimum Gasteiger partial charge on any atom is -0.368 e.